The first-order valence-electron chi connectivity index (χ1n) is 8.66. The highest BCUT2D eigenvalue weighted by Crippen LogP contribution is 2.38. The third-order valence-electron chi connectivity index (χ3n) is 4.20. The van der Waals surface area contributed by atoms with Crippen LogP contribution < -0.4 is 4.74 Å². The minimum Gasteiger partial charge on any atom is -0.489 e. The number of rotatable bonds is 6. The molecule has 0 bridgehead atoms. The second-order valence-corrected chi connectivity index (χ2v) is 7.24. The lowest BCUT2D eigenvalue weighted by molar-refractivity contribution is 0.0600. The van der Waals surface area contributed by atoms with Gasteiger partial charge < -0.3 is 14.0 Å². The molecule has 3 rings (SSSR count). The van der Waals surface area contributed by atoms with E-state index >= 15 is 0 Å². The van der Waals surface area contributed by atoms with Gasteiger partial charge in [0.05, 0.1) is 28.3 Å². The Morgan fingerprint density at radius 1 is 1.11 bits per heavy atom. The lowest BCUT2D eigenvalue weighted by atomic mass is 10.0. The molecule has 7 heteroatoms. The Bertz CT molecular complexity index is 960. The predicted molar refractivity (Wildman–Crippen MR) is 108 cm³/mol. The summed E-state index contributed by atoms with van der Waals surface area (Å²) >= 11 is 12.7. The average molecular weight is 420 g/mol. The van der Waals surface area contributed by atoms with E-state index in [1.807, 2.05) is 13.8 Å². The molecule has 3 aromatic rings. The van der Waals surface area contributed by atoms with Gasteiger partial charge in [0.2, 0.25) is 0 Å². The second kappa shape index (κ2) is 8.67. The first kappa shape index (κ1) is 20.2. The number of esters is 1. The van der Waals surface area contributed by atoms with Crippen molar-refractivity contribution in [3.63, 3.8) is 0 Å². The van der Waals surface area contributed by atoms with E-state index in [0.717, 1.165) is 5.56 Å². The Morgan fingerprint density at radius 2 is 1.75 bits per heavy atom. The molecule has 5 nitrogen and oxygen atoms in total. The van der Waals surface area contributed by atoms with Crippen molar-refractivity contribution < 1.29 is 18.8 Å². The summed E-state index contributed by atoms with van der Waals surface area (Å²) in [5.41, 5.74) is 2.40. The van der Waals surface area contributed by atoms with Crippen molar-refractivity contribution in [2.75, 3.05) is 7.11 Å². The molecule has 0 N–H and O–H groups in total. The molecule has 2 aromatic carbocycles. The highest BCUT2D eigenvalue weighted by atomic mass is 35.5. The van der Waals surface area contributed by atoms with Crippen LogP contribution in [0.2, 0.25) is 10.0 Å². The number of benzene rings is 2. The average Bonchev–Trinajstić information content (AvgIpc) is 3.10. The monoisotopic (exact) mass is 419 g/mol. The zero-order valence-electron chi connectivity index (χ0n) is 15.7. The summed E-state index contributed by atoms with van der Waals surface area (Å²) in [5.74, 6) is 1.00. The molecule has 0 amide bonds. The largest absolute Gasteiger partial charge is 0.489 e. The van der Waals surface area contributed by atoms with E-state index in [1.54, 1.807) is 42.5 Å². The van der Waals surface area contributed by atoms with E-state index in [9.17, 15) is 4.79 Å². The number of carbonyl (C=O) groups excluding carboxylic acids is 1. The molecular weight excluding hydrogens is 401 g/mol. The number of aromatic nitrogens is 1. The summed E-state index contributed by atoms with van der Waals surface area (Å²) in [4.78, 5) is 11.5. The molecule has 0 fully saturated rings. The van der Waals surface area contributed by atoms with Crippen molar-refractivity contribution in [1.82, 2.24) is 5.16 Å². The number of halogens is 2. The molecule has 0 saturated carbocycles. The van der Waals surface area contributed by atoms with Crippen LogP contribution in [0.5, 0.6) is 5.75 Å². The first-order chi connectivity index (χ1) is 13.4. The fourth-order valence-corrected chi connectivity index (χ4v) is 3.37. The van der Waals surface area contributed by atoms with Crippen LogP contribution in [-0.4, -0.2) is 18.2 Å². The lowest BCUT2D eigenvalue weighted by Crippen LogP contribution is -2.03. The summed E-state index contributed by atoms with van der Waals surface area (Å²) < 4.78 is 16.2. The Morgan fingerprint density at radius 3 is 2.32 bits per heavy atom. The third-order valence-corrected chi connectivity index (χ3v) is 4.83. The molecule has 0 spiro atoms. The maximum absolute atomic E-state index is 11.5. The zero-order valence-corrected chi connectivity index (χ0v) is 17.2. The Balaban J connectivity index is 1.91. The third kappa shape index (κ3) is 4.16. The summed E-state index contributed by atoms with van der Waals surface area (Å²) in [6, 6.07) is 12.0. The number of nitrogens with zero attached hydrogens (tertiary/aromatic N) is 1. The maximum Gasteiger partial charge on any atom is 0.337 e. The first-order valence-corrected chi connectivity index (χ1v) is 9.42. The predicted octanol–water partition coefficient (Wildman–Crippen LogP) is 6.14. The molecule has 1 aromatic heterocycles. The quantitative estimate of drug-likeness (QED) is 0.449. The molecule has 0 unspecified atom stereocenters. The van der Waals surface area contributed by atoms with Crippen molar-refractivity contribution in [2.24, 2.45) is 0 Å². The van der Waals surface area contributed by atoms with Gasteiger partial charge in [-0.05, 0) is 36.4 Å². The van der Waals surface area contributed by atoms with Crippen LogP contribution in [0.3, 0.4) is 0 Å². The van der Waals surface area contributed by atoms with Gasteiger partial charge in [0.25, 0.3) is 0 Å². The van der Waals surface area contributed by atoms with Crippen molar-refractivity contribution in [1.29, 1.82) is 0 Å². The minimum absolute atomic E-state index is 0.0998. The van der Waals surface area contributed by atoms with E-state index in [-0.39, 0.29) is 12.5 Å². The van der Waals surface area contributed by atoms with Gasteiger partial charge in [0.15, 0.2) is 0 Å². The Hall–Kier alpha value is -2.50. The van der Waals surface area contributed by atoms with Crippen molar-refractivity contribution >= 4 is 29.2 Å². The normalized spacial score (nSPS) is 10.9. The van der Waals surface area contributed by atoms with Gasteiger partial charge in [-0.15, -0.1) is 0 Å². The number of ether oxygens (including phenoxy) is 2. The maximum atomic E-state index is 11.5. The van der Waals surface area contributed by atoms with Crippen LogP contribution in [0.25, 0.3) is 11.3 Å². The molecule has 0 saturated heterocycles. The van der Waals surface area contributed by atoms with E-state index in [4.69, 9.17) is 37.2 Å². The smallest absolute Gasteiger partial charge is 0.337 e. The van der Waals surface area contributed by atoms with Crippen LogP contribution >= 0.6 is 23.2 Å². The number of hydrogen-bond donors (Lipinski definition) is 0. The van der Waals surface area contributed by atoms with Crippen LogP contribution in [-0.2, 0) is 11.3 Å². The molecule has 0 aliphatic heterocycles. The highest BCUT2D eigenvalue weighted by molar-refractivity contribution is 6.39. The standard InChI is InChI=1S/C21H19Cl2NO4/c1-12(2)20-15(11-27-14-9-7-13(8-10-14)21(25)26-3)19(24-28-20)18-16(22)5-4-6-17(18)23/h4-10,12H,11H2,1-3H3. The number of methoxy groups -OCH3 is 1. The van der Waals surface area contributed by atoms with Crippen LogP contribution in [0.4, 0.5) is 0 Å². The second-order valence-electron chi connectivity index (χ2n) is 6.43. The van der Waals surface area contributed by atoms with Crippen LogP contribution in [0.1, 0.15) is 41.4 Å². The van der Waals surface area contributed by atoms with E-state index < -0.39 is 5.97 Å². The summed E-state index contributed by atoms with van der Waals surface area (Å²) in [5, 5.41) is 5.18. The highest BCUT2D eigenvalue weighted by Gasteiger charge is 2.23. The fourth-order valence-electron chi connectivity index (χ4n) is 2.80. The number of carbonyl (C=O) groups is 1. The van der Waals surface area contributed by atoms with Gasteiger partial charge >= 0.3 is 5.97 Å². The van der Waals surface area contributed by atoms with Gasteiger partial charge in [0, 0.05) is 11.5 Å². The Kier molecular flexibility index (Phi) is 6.27. The molecule has 0 atom stereocenters. The molecular formula is C21H19Cl2NO4. The van der Waals surface area contributed by atoms with Crippen LogP contribution in [0, 0.1) is 0 Å². The zero-order chi connectivity index (χ0) is 20.3. The van der Waals surface area contributed by atoms with Gasteiger partial charge in [-0.2, -0.15) is 0 Å². The number of hydrogen-bond acceptors (Lipinski definition) is 5. The summed E-state index contributed by atoms with van der Waals surface area (Å²) in [6.45, 7) is 4.23. The van der Waals surface area contributed by atoms with Gasteiger partial charge in [-0.25, -0.2) is 4.79 Å². The fraction of sp³-hybridized carbons (Fsp3) is 0.238. The lowest BCUT2D eigenvalue weighted by Gasteiger charge is -2.11. The van der Waals surface area contributed by atoms with E-state index in [0.29, 0.717) is 38.4 Å². The Labute approximate surface area is 173 Å². The molecule has 28 heavy (non-hydrogen) atoms. The van der Waals surface area contributed by atoms with E-state index in [1.165, 1.54) is 7.11 Å². The topological polar surface area (TPSA) is 61.6 Å². The molecule has 0 aliphatic carbocycles. The van der Waals surface area contributed by atoms with Crippen molar-refractivity contribution in [3.8, 4) is 17.0 Å². The molecule has 0 aliphatic rings. The van der Waals surface area contributed by atoms with Crippen molar-refractivity contribution in [3.05, 3.63) is 69.4 Å². The molecule has 0 radical (unpaired) electrons. The molecule has 1 heterocycles. The van der Waals surface area contributed by atoms with E-state index in [2.05, 4.69) is 5.16 Å². The summed E-state index contributed by atoms with van der Waals surface area (Å²) in [6.07, 6.45) is 0. The summed E-state index contributed by atoms with van der Waals surface area (Å²) in [7, 11) is 1.34. The van der Waals surface area contributed by atoms with Crippen molar-refractivity contribution in [2.45, 2.75) is 26.4 Å². The van der Waals surface area contributed by atoms with Gasteiger partial charge in [0.1, 0.15) is 23.8 Å². The minimum atomic E-state index is -0.400. The SMILES string of the molecule is COC(=O)c1ccc(OCc2c(-c3c(Cl)cccc3Cl)noc2C(C)C)cc1. The van der Waals surface area contributed by atoms with Gasteiger partial charge in [-0.3, -0.25) is 0 Å². The van der Waals surface area contributed by atoms with Crippen LogP contribution in [0.15, 0.2) is 47.0 Å². The molecule has 146 valence electrons. The van der Waals surface area contributed by atoms with Gasteiger partial charge in [-0.1, -0.05) is 48.3 Å².